The topological polar surface area (TPSA) is 77.8 Å². The normalized spacial score (nSPS) is 9.95. The van der Waals surface area contributed by atoms with Gasteiger partial charge in [-0.25, -0.2) is 0 Å². The molecule has 0 unspecified atom stereocenters. The van der Waals surface area contributed by atoms with E-state index in [-0.39, 0.29) is 13.1 Å². The number of anilines is 1. The van der Waals surface area contributed by atoms with Gasteiger partial charge in [0.2, 0.25) is 0 Å². The second kappa shape index (κ2) is 6.58. The van der Waals surface area contributed by atoms with Crippen LogP contribution >= 0.6 is 0 Å². The highest BCUT2D eigenvalue weighted by atomic mass is 16.4. The van der Waals surface area contributed by atoms with E-state index in [0.717, 1.165) is 11.1 Å². The number of hydrogen-bond acceptors (Lipinski definition) is 3. The molecular formula is C14H17NO4. The highest BCUT2D eigenvalue weighted by molar-refractivity contribution is 5.80. The van der Waals surface area contributed by atoms with Crippen molar-refractivity contribution in [2.75, 3.05) is 18.0 Å². The van der Waals surface area contributed by atoms with Gasteiger partial charge in [0.1, 0.15) is 13.1 Å². The number of hydrogen-bond donors (Lipinski definition) is 2. The first-order valence-electron chi connectivity index (χ1n) is 5.81. The first-order chi connectivity index (χ1) is 8.90. The molecular weight excluding hydrogens is 246 g/mol. The van der Waals surface area contributed by atoms with Gasteiger partial charge in [-0.2, -0.15) is 0 Å². The Balaban J connectivity index is 3.09. The largest absolute Gasteiger partial charge is 0.480 e. The van der Waals surface area contributed by atoms with E-state index >= 15 is 0 Å². The summed E-state index contributed by atoms with van der Waals surface area (Å²) in [6, 6.07) is 7.17. The number of carboxylic acids is 2. The summed E-state index contributed by atoms with van der Waals surface area (Å²) in [5.41, 5.74) is 2.42. The minimum absolute atomic E-state index is 0.348. The van der Waals surface area contributed by atoms with Crippen molar-refractivity contribution in [2.45, 2.75) is 13.3 Å². The van der Waals surface area contributed by atoms with Gasteiger partial charge in [-0.15, -0.1) is 0 Å². The lowest BCUT2D eigenvalue weighted by Gasteiger charge is -2.23. The highest BCUT2D eigenvalue weighted by Gasteiger charge is 2.16. The second-order valence-electron chi connectivity index (χ2n) is 4.41. The number of allylic oxidation sites excluding steroid dienone is 1. The van der Waals surface area contributed by atoms with Gasteiger partial charge in [0.25, 0.3) is 0 Å². The molecule has 0 spiro atoms. The third-order valence-electron chi connectivity index (χ3n) is 2.48. The van der Waals surface area contributed by atoms with E-state index < -0.39 is 11.9 Å². The molecule has 0 aliphatic heterocycles. The highest BCUT2D eigenvalue weighted by Crippen LogP contribution is 2.22. The van der Waals surface area contributed by atoms with Crippen LogP contribution in [0.2, 0.25) is 0 Å². The molecule has 1 aromatic rings. The molecule has 1 rings (SSSR count). The van der Waals surface area contributed by atoms with Gasteiger partial charge in [-0.05, 0) is 25.0 Å². The van der Waals surface area contributed by atoms with Crippen molar-refractivity contribution >= 4 is 17.6 Å². The van der Waals surface area contributed by atoms with E-state index in [2.05, 4.69) is 6.58 Å². The number of nitrogens with zero attached hydrogens (tertiary/aromatic N) is 1. The van der Waals surface area contributed by atoms with E-state index in [4.69, 9.17) is 10.2 Å². The van der Waals surface area contributed by atoms with Crippen molar-refractivity contribution in [2.24, 2.45) is 0 Å². The maximum atomic E-state index is 10.8. The first kappa shape index (κ1) is 14.8. The summed E-state index contributed by atoms with van der Waals surface area (Å²) < 4.78 is 0. The van der Waals surface area contributed by atoms with Crippen LogP contribution in [0.5, 0.6) is 0 Å². The van der Waals surface area contributed by atoms with Crippen LogP contribution in [0.3, 0.4) is 0 Å². The van der Waals surface area contributed by atoms with E-state index in [1.807, 2.05) is 19.1 Å². The van der Waals surface area contributed by atoms with E-state index in [1.54, 1.807) is 12.1 Å². The van der Waals surface area contributed by atoms with Crippen molar-refractivity contribution < 1.29 is 19.8 Å². The predicted octanol–water partition coefficient (Wildman–Crippen LogP) is 1.78. The minimum atomic E-state index is -1.06. The molecule has 0 aliphatic rings. The van der Waals surface area contributed by atoms with Crippen LogP contribution < -0.4 is 4.90 Å². The van der Waals surface area contributed by atoms with Gasteiger partial charge < -0.3 is 15.1 Å². The number of benzene rings is 1. The quantitative estimate of drug-likeness (QED) is 0.733. The van der Waals surface area contributed by atoms with Crippen LogP contribution in [0.15, 0.2) is 36.4 Å². The Morgan fingerprint density at radius 2 is 1.68 bits per heavy atom. The minimum Gasteiger partial charge on any atom is -0.480 e. The van der Waals surface area contributed by atoms with E-state index in [0.29, 0.717) is 12.1 Å². The molecule has 0 fully saturated rings. The zero-order chi connectivity index (χ0) is 14.4. The Morgan fingerprint density at radius 1 is 1.16 bits per heavy atom. The van der Waals surface area contributed by atoms with Gasteiger partial charge in [-0.3, -0.25) is 9.59 Å². The molecule has 0 saturated heterocycles. The number of rotatable bonds is 7. The summed E-state index contributed by atoms with van der Waals surface area (Å²) in [6.07, 6.45) is 0.589. The molecule has 1 aromatic carbocycles. The number of para-hydroxylation sites is 1. The SMILES string of the molecule is C=C(C)Cc1ccccc1N(CC(=O)O)CC(=O)O. The van der Waals surface area contributed by atoms with E-state index in [9.17, 15) is 9.59 Å². The Kier molecular flexibility index (Phi) is 5.11. The number of carbonyl (C=O) groups is 2. The standard InChI is InChI=1S/C14H17NO4/c1-10(2)7-11-5-3-4-6-12(11)15(8-13(16)17)9-14(18)19/h3-6H,1,7-9H2,2H3,(H,16,17)(H,18,19). The molecule has 19 heavy (non-hydrogen) atoms. The van der Waals surface area contributed by atoms with Crippen LogP contribution in [0.4, 0.5) is 5.69 Å². The zero-order valence-electron chi connectivity index (χ0n) is 10.8. The maximum Gasteiger partial charge on any atom is 0.323 e. The van der Waals surface area contributed by atoms with Crippen LogP contribution in [0.1, 0.15) is 12.5 Å². The molecule has 0 bridgehead atoms. The Morgan fingerprint density at radius 3 is 2.16 bits per heavy atom. The maximum absolute atomic E-state index is 10.8. The molecule has 0 saturated carbocycles. The Bertz CT molecular complexity index is 480. The lowest BCUT2D eigenvalue weighted by Crippen LogP contribution is -2.35. The third-order valence-corrected chi connectivity index (χ3v) is 2.48. The van der Waals surface area contributed by atoms with Crippen molar-refractivity contribution in [1.82, 2.24) is 0 Å². The lowest BCUT2D eigenvalue weighted by atomic mass is 10.0. The summed E-state index contributed by atoms with van der Waals surface area (Å²) in [5, 5.41) is 17.8. The summed E-state index contributed by atoms with van der Waals surface area (Å²) >= 11 is 0. The first-order valence-corrected chi connectivity index (χ1v) is 5.81. The fourth-order valence-corrected chi connectivity index (χ4v) is 1.85. The van der Waals surface area contributed by atoms with Gasteiger partial charge >= 0.3 is 11.9 Å². The summed E-state index contributed by atoms with van der Waals surface area (Å²) in [4.78, 5) is 23.0. The summed E-state index contributed by atoms with van der Waals surface area (Å²) in [7, 11) is 0. The lowest BCUT2D eigenvalue weighted by molar-refractivity contribution is -0.136. The third kappa shape index (κ3) is 4.83. The molecule has 0 atom stereocenters. The Labute approximate surface area is 111 Å². The molecule has 5 heteroatoms. The molecule has 102 valence electrons. The zero-order valence-corrected chi connectivity index (χ0v) is 10.8. The second-order valence-corrected chi connectivity index (χ2v) is 4.41. The fourth-order valence-electron chi connectivity index (χ4n) is 1.85. The van der Waals surface area contributed by atoms with Crippen molar-refractivity contribution in [3.63, 3.8) is 0 Å². The van der Waals surface area contributed by atoms with Crippen LogP contribution in [-0.2, 0) is 16.0 Å². The van der Waals surface area contributed by atoms with Crippen LogP contribution in [0.25, 0.3) is 0 Å². The van der Waals surface area contributed by atoms with E-state index in [1.165, 1.54) is 4.90 Å². The molecule has 5 nitrogen and oxygen atoms in total. The number of carboxylic acid groups (broad SMARTS) is 2. The average Bonchev–Trinajstić information content (AvgIpc) is 2.26. The van der Waals surface area contributed by atoms with Crippen molar-refractivity contribution in [3.05, 3.63) is 42.0 Å². The average molecular weight is 263 g/mol. The van der Waals surface area contributed by atoms with Gasteiger partial charge in [0, 0.05) is 5.69 Å². The molecule has 0 aromatic heterocycles. The summed E-state index contributed by atoms with van der Waals surface area (Å²) in [5.74, 6) is -2.13. The molecule has 0 radical (unpaired) electrons. The monoisotopic (exact) mass is 263 g/mol. The molecule has 0 aliphatic carbocycles. The van der Waals surface area contributed by atoms with Gasteiger partial charge in [-0.1, -0.05) is 30.4 Å². The van der Waals surface area contributed by atoms with Crippen molar-refractivity contribution in [3.8, 4) is 0 Å². The van der Waals surface area contributed by atoms with Crippen LogP contribution in [-0.4, -0.2) is 35.2 Å². The van der Waals surface area contributed by atoms with Gasteiger partial charge in [0.05, 0.1) is 0 Å². The molecule has 0 amide bonds. The Hall–Kier alpha value is -2.30. The van der Waals surface area contributed by atoms with Crippen molar-refractivity contribution in [1.29, 1.82) is 0 Å². The predicted molar refractivity (Wildman–Crippen MR) is 72.4 cm³/mol. The van der Waals surface area contributed by atoms with Gasteiger partial charge in [0.15, 0.2) is 0 Å². The molecule has 2 N–H and O–H groups in total. The van der Waals surface area contributed by atoms with Crippen LogP contribution in [0, 0.1) is 0 Å². The number of aliphatic carboxylic acids is 2. The molecule has 0 heterocycles. The fraction of sp³-hybridized carbons (Fsp3) is 0.286. The summed E-state index contributed by atoms with van der Waals surface area (Å²) in [6.45, 7) is 5.00. The smallest absolute Gasteiger partial charge is 0.323 e.